The highest BCUT2D eigenvalue weighted by molar-refractivity contribution is 7.89. The molecule has 1 aliphatic rings. The quantitative estimate of drug-likeness (QED) is 0.670. The molecule has 4 nitrogen and oxygen atoms in total. The van der Waals surface area contributed by atoms with Crippen molar-refractivity contribution in [2.24, 2.45) is 5.84 Å². The van der Waals surface area contributed by atoms with E-state index in [0.29, 0.717) is 0 Å². The number of hydrazine groups is 1. The number of allylic oxidation sites excluding steroid dienone is 1. The molecule has 0 heterocycles. The molecule has 0 fully saturated rings. The molecule has 120 valence electrons. The van der Waals surface area contributed by atoms with Gasteiger partial charge in [0.05, 0.1) is 4.90 Å². The zero-order valence-corrected chi connectivity index (χ0v) is 13.2. The Bertz CT molecular complexity index is 859. The minimum atomic E-state index is -3.64. The molecular weight excluding hydrogens is 315 g/mol. The number of rotatable bonds is 3. The normalized spacial score (nSPS) is 16.3. The van der Waals surface area contributed by atoms with Gasteiger partial charge in [-0.05, 0) is 65.8 Å². The Labute approximate surface area is 134 Å². The standard InChI is InChI=1S/C17H17FN2O2S/c18-15-6-9-17-13(2-1-3-14(17)11-15)10-12-4-7-16(8-5-12)23(21,22)20-19/h4-11,20H,1-3,19H2. The number of fused-ring (bicyclic) bond motifs is 1. The lowest BCUT2D eigenvalue weighted by molar-refractivity contribution is 0.584. The van der Waals surface area contributed by atoms with Crippen LogP contribution in [0.2, 0.25) is 0 Å². The van der Waals surface area contributed by atoms with Crippen LogP contribution in [0.25, 0.3) is 11.6 Å². The first-order valence-electron chi connectivity index (χ1n) is 7.31. The minimum absolute atomic E-state index is 0.119. The van der Waals surface area contributed by atoms with Gasteiger partial charge in [-0.15, -0.1) is 0 Å². The van der Waals surface area contributed by atoms with Crippen molar-refractivity contribution in [1.82, 2.24) is 4.83 Å². The third-order valence-electron chi connectivity index (χ3n) is 3.99. The van der Waals surface area contributed by atoms with Crippen LogP contribution in [0.15, 0.2) is 47.4 Å². The Morgan fingerprint density at radius 1 is 1.09 bits per heavy atom. The zero-order chi connectivity index (χ0) is 16.4. The van der Waals surface area contributed by atoms with E-state index in [-0.39, 0.29) is 10.7 Å². The van der Waals surface area contributed by atoms with E-state index in [1.165, 1.54) is 18.2 Å². The summed E-state index contributed by atoms with van der Waals surface area (Å²) >= 11 is 0. The molecule has 2 aromatic carbocycles. The van der Waals surface area contributed by atoms with Crippen molar-refractivity contribution in [3.05, 3.63) is 65.0 Å². The van der Waals surface area contributed by atoms with Gasteiger partial charge in [-0.1, -0.05) is 24.3 Å². The monoisotopic (exact) mass is 332 g/mol. The van der Waals surface area contributed by atoms with E-state index in [2.05, 4.69) is 0 Å². The summed E-state index contributed by atoms with van der Waals surface area (Å²) in [5.41, 5.74) is 4.12. The number of aryl methyl sites for hydroxylation is 1. The van der Waals surface area contributed by atoms with Crippen LogP contribution < -0.4 is 10.7 Å². The van der Waals surface area contributed by atoms with Gasteiger partial charge in [0.15, 0.2) is 0 Å². The Morgan fingerprint density at radius 2 is 1.83 bits per heavy atom. The zero-order valence-electron chi connectivity index (χ0n) is 12.4. The second-order valence-electron chi connectivity index (χ2n) is 5.51. The second-order valence-corrected chi connectivity index (χ2v) is 7.23. The highest BCUT2D eigenvalue weighted by atomic mass is 32.2. The fraction of sp³-hybridized carbons (Fsp3) is 0.176. The van der Waals surface area contributed by atoms with E-state index in [4.69, 9.17) is 5.84 Å². The van der Waals surface area contributed by atoms with Crippen LogP contribution in [0.5, 0.6) is 0 Å². The smallest absolute Gasteiger partial charge is 0.253 e. The molecule has 1 aliphatic carbocycles. The first kappa shape index (κ1) is 15.9. The number of nitrogens with two attached hydrogens (primary N) is 1. The van der Waals surface area contributed by atoms with Crippen LogP contribution >= 0.6 is 0 Å². The predicted molar refractivity (Wildman–Crippen MR) is 88.2 cm³/mol. The molecule has 2 aromatic rings. The van der Waals surface area contributed by atoms with Gasteiger partial charge in [0.25, 0.3) is 10.0 Å². The number of nitrogens with one attached hydrogen (secondary N) is 1. The molecule has 0 amide bonds. The van der Waals surface area contributed by atoms with Crippen LogP contribution in [0, 0.1) is 5.82 Å². The minimum Gasteiger partial charge on any atom is -0.257 e. The van der Waals surface area contributed by atoms with Gasteiger partial charge >= 0.3 is 0 Å². The number of sulfonamides is 1. The highest BCUT2D eigenvalue weighted by Crippen LogP contribution is 2.32. The average Bonchev–Trinajstić information content (AvgIpc) is 2.55. The van der Waals surface area contributed by atoms with E-state index in [1.807, 2.05) is 12.1 Å². The molecule has 0 aliphatic heterocycles. The van der Waals surface area contributed by atoms with Gasteiger partial charge < -0.3 is 0 Å². The maximum absolute atomic E-state index is 13.3. The Morgan fingerprint density at radius 3 is 2.52 bits per heavy atom. The van der Waals surface area contributed by atoms with E-state index in [0.717, 1.165) is 41.5 Å². The van der Waals surface area contributed by atoms with Crippen LogP contribution in [-0.4, -0.2) is 8.42 Å². The molecule has 23 heavy (non-hydrogen) atoms. The maximum Gasteiger partial charge on any atom is 0.253 e. The van der Waals surface area contributed by atoms with Crippen molar-refractivity contribution in [3.8, 4) is 0 Å². The van der Waals surface area contributed by atoms with Gasteiger partial charge in [0, 0.05) is 0 Å². The van der Waals surface area contributed by atoms with Gasteiger partial charge in [-0.2, -0.15) is 4.83 Å². The molecule has 0 spiro atoms. The molecule has 6 heteroatoms. The molecule has 0 radical (unpaired) electrons. The summed E-state index contributed by atoms with van der Waals surface area (Å²) < 4.78 is 36.6. The molecular formula is C17H17FN2O2S. The Kier molecular flexibility index (Phi) is 4.30. The number of hydrogen-bond donors (Lipinski definition) is 2. The van der Waals surface area contributed by atoms with Crippen molar-refractivity contribution in [1.29, 1.82) is 0 Å². The Hall–Kier alpha value is -2.02. The third-order valence-corrected chi connectivity index (χ3v) is 5.19. The van der Waals surface area contributed by atoms with Crippen molar-refractivity contribution in [2.45, 2.75) is 24.2 Å². The second kappa shape index (κ2) is 6.23. The predicted octanol–water partition coefficient (Wildman–Crippen LogP) is 2.85. The summed E-state index contributed by atoms with van der Waals surface area (Å²) in [5.74, 6) is 4.80. The highest BCUT2D eigenvalue weighted by Gasteiger charge is 2.15. The summed E-state index contributed by atoms with van der Waals surface area (Å²) in [5, 5.41) is 0. The van der Waals surface area contributed by atoms with E-state index in [1.54, 1.807) is 23.0 Å². The van der Waals surface area contributed by atoms with Gasteiger partial charge in [0.2, 0.25) is 0 Å². The van der Waals surface area contributed by atoms with Crippen molar-refractivity contribution in [3.63, 3.8) is 0 Å². The molecule has 0 saturated heterocycles. The maximum atomic E-state index is 13.3. The fourth-order valence-electron chi connectivity index (χ4n) is 2.85. The van der Waals surface area contributed by atoms with Crippen LogP contribution in [-0.2, 0) is 16.4 Å². The van der Waals surface area contributed by atoms with Crippen molar-refractivity contribution in [2.75, 3.05) is 0 Å². The number of benzene rings is 2. The van der Waals surface area contributed by atoms with Crippen LogP contribution in [0.4, 0.5) is 4.39 Å². The fourth-order valence-corrected chi connectivity index (χ4v) is 3.48. The molecule has 0 aromatic heterocycles. The van der Waals surface area contributed by atoms with Crippen LogP contribution in [0.1, 0.15) is 29.5 Å². The molecule has 3 rings (SSSR count). The topological polar surface area (TPSA) is 72.2 Å². The first-order valence-corrected chi connectivity index (χ1v) is 8.80. The average molecular weight is 332 g/mol. The van der Waals surface area contributed by atoms with E-state index in [9.17, 15) is 12.8 Å². The Balaban J connectivity index is 1.94. The summed E-state index contributed by atoms with van der Waals surface area (Å²) in [4.78, 5) is 1.92. The summed E-state index contributed by atoms with van der Waals surface area (Å²) in [6.07, 6.45) is 4.79. The lowest BCUT2D eigenvalue weighted by atomic mass is 9.86. The van der Waals surface area contributed by atoms with Gasteiger partial charge in [-0.25, -0.2) is 12.8 Å². The molecule has 0 saturated carbocycles. The first-order chi connectivity index (χ1) is 11.0. The summed E-state index contributed by atoms with van der Waals surface area (Å²) in [6.45, 7) is 0. The van der Waals surface area contributed by atoms with E-state index < -0.39 is 10.0 Å². The molecule has 0 unspecified atom stereocenters. The lowest BCUT2D eigenvalue weighted by Gasteiger charge is -2.19. The molecule has 0 bridgehead atoms. The SMILES string of the molecule is NNS(=O)(=O)c1ccc(C=C2CCCc3cc(F)ccc32)cc1. The molecule has 0 atom stereocenters. The third kappa shape index (κ3) is 3.34. The number of halogens is 1. The largest absolute Gasteiger partial charge is 0.257 e. The van der Waals surface area contributed by atoms with Gasteiger partial charge in [0.1, 0.15) is 5.82 Å². The van der Waals surface area contributed by atoms with Gasteiger partial charge in [-0.3, -0.25) is 5.84 Å². The summed E-state index contributed by atoms with van der Waals surface area (Å²) in [6, 6.07) is 11.4. The lowest BCUT2D eigenvalue weighted by Crippen LogP contribution is -2.30. The molecule has 3 N–H and O–H groups in total. The summed E-state index contributed by atoms with van der Waals surface area (Å²) in [7, 11) is -3.64. The van der Waals surface area contributed by atoms with E-state index >= 15 is 0 Å². The van der Waals surface area contributed by atoms with Crippen LogP contribution in [0.3, 0.4) is 0 Å². The van der Waals surface area contributed by atoms with Crippen molar-refractivity contribution < 1.29 is 12.8 Å². The van der Waals surface area contributed by atoms with Crippen molar-refractivity contribution >= 4 is 21.7 Å². The number of hydrogen-bond acceptors (Lipinski definition) is 3.